The van der Waals surface area contributed by atoms with Crippen molar-refractivity contribution < 1.29 is 9.47 Å². The fourth-order valence-corrected chi connectivity index (χ4v) is 1.09. The lowest BCUT2D eigenvalue weighted by Gasteiger charge is -2.12. The van der Waals surface area contributed by atoms with Crippen molar-refractivity contribution in [2.45, 2.75) is 19.4 Å². The van der Waals surface area contributed by atoms with Crippen LogP contribution in [0.2, 0.25) is 0 Å². The van der Waals surface area contributed by atoms with Crippen LogP contribution in [-0.2, 0) is 0 Å². The van der Waals surface area contributed by atoms with Crippen LogP contribution >= 0.6 is 11.6 Å². The molecule has 1 rings (SSSR count). The van der Waals surface area contributed by atoms with E-state index in [1.54, 1.807) is 6.92 Å². The third kappa shape index (κ3) is 3.15. The van der Waals surface area contributed by atoms with E-state index in [2.05, 4.69) is 0 Å². The van der Waals surface area contributed by atoms with Crippen LogP contribution in [0.25, 0.3) is 0 Å². The van der Waals surface area contributed by atoms with Gasteiger partial charge in [0.15, 0.2) is 17.1 Å². The topological polar surface area (TPSA) is 18.5 Å². The molecule has 3 heteroatoms. The predicted octanol–water partition coefficient (Wildman–Crippen LogP) is 3.05. The highest BCUT2D eigenvalue weighted by atomic mass is 35.5. The lowest BCUT2D eigenvalue weighted by atomic mass is 10.3. The van der Waals surface area contributed by atoms with Crippen molar-refractivity contribution in [2.24, 2.45) is 0 Å². The highest BCUT2D eigenvalue weighted by Crippen LogP contribution is 2.27. The van der Waals surface area contributed by atoms with Gasteiger partial charge in [-0.15, -0.1) is 0 Å². The fraction of sp³-hybridized carbons (Fsp3) is 0.400. The molecule has 0 heterocycles. The molecule has 1 unspecified atom stereocenters. The summed E-state index contributed by atoms with van der Waals surface area (Å²) in [6.07, 6.45) is 0. The number of ether oxygens (including phenoxy) is 2. The molecule has 0 amide bonds. The minimum absolute atomic E-state index is 0.346. The normalized spacial score (nSPS) is 12.2. The van der Waals surface area contributed by atoms with Crippen molar-refractivity contribution in [1.82, 2.24) is 0 Å². The molecule has 13 heavy (non-hydrogen) atoms. The number of alkyl halides is 1. The first kappa shape index (κ1) is 10.2. The van der Waals surface area contributed by atoms with Gasteiger partial charge in [0.05, 0.1) is 6.61 Å². The van der Waals surface area contributed by atoms with Crippen molar-refractivity contribution in [2.75, 3.05) is 6.61 Å². The van der Waals surface area contributed by atoms with Gasteiger partial charge >= 0.3 is 0 Å². The summed E-state index contributed by atoms with van der Waals surface area (Å²) in [5, 5.41) is 0. The van der Waals surface area contributed by atoms with Crippen LogP contribution in [-0.4, -0.2) is 12.2 Å². The predicted molar refractivity (Wildman–Crippen MR) is 53.6 cm³/mol. The molecule has 0 fully saturated rings. The average Bonchev–Trinajstić information content (AvgIpc) is 2.08. The standard InChI is InChI=1S/C10H13ClO2/c1-3-12-9-6-4-5-7-10(9)13-8(2)11/h4-8H,3H2,1-2H3. The number of halogens is 1. The molecule has 0 saturated heterocycles. The summed E-state index contributed by atoms with van der Waals surface area (Å²) in [7, 11) is 0. The smallest absolute Gasteiger partial charge is 0.169 e. The Kier molecular flexibility index (Phi) is 3.90. The molecule has 0 aliphatic carbocycles. The van der Waals surface area contributed by atoms with Crippen molar-refractivity contribution >= 4 is 11.6 Å². The van der Waals surface area contributed by atoms with Gasteiger partial charge in [0.1, 0.15) is 0 Å². The molecule has 72 valence electrons. The van der Waals surface area contributed by atoms with Gasteiger partial charge in [-0.3, -0.25) is 0 Å². The van der Waals surface area contributed by atoms with E-state index in [0.717, 1.165) is 5.75 Å². The monoisotopic (exact) mass is 200 g/mol. The van der Waals surface area contributed by atoms with Gasteiger partial charge in [0, 0.05) is 0 Å². The Hall–Kier alpha value is -0.890. The maximum atomic E-state index is 5.71. The number of rotatable bonds is 4. The zero-order chi connectivity index (χ0) is 9.68. The van der Waals surface area contributed by atoms with Crippen molar-refractivity contribution in [3.63, 3.8) is 0 Å². The molecule has 0 radical (unpaired) electrons. The van der Waals surface area contributed by atoms with Crippen LogP contribution < -0.4 is 9.47 Å². The number of hydrogen-bond acceptors (Lipinski definition) is 2. The molecule has 0 bridgehead atoms. The molecular weight excluding hydrogens is 188 g/mol. The van der Waals surface area contributed by atoms with E-state index in [9.17, 15) is 0 Å². The van der Waals surface area contributed by atoms with Gasteiger partial charge in [0.25, 0.3) is 0 Å². The zero-order valence-corrected chi connectivity index (χ0v) is 8.54. The van der Waals surface area contributed by atoms with Crippen LogP contribution in [0.5, 0.6) is 11.5 Å². The quantitative estimate of drug-likeness (QED) is 0.696. The Morgan fingerprint density at radius 3 is 2.46 bits per heavy atom. The van der Waals surface area contributed by atoms with Gasteiger partial charge in [-0.05, 0) is 26.0 Å². The van der Waals surface area contributed by atoms with Crippen LogP contribution in [0, 0.1) is 0 Å². The number of hydrogen-bond donors (Lipinski definition) is 0. The lowest BCUT2D eigenvalue weighted by molar-refractivity contribution is 0.266. The van der Waals surface area contributed by atoms with Gasteiger partial charge in [-0.2, -0.15) is 0 Å². The Balaban J connectivity index is 2.78. The van der Waals surface area contributed by atoms with E-state index in [4.69, 9.17) is 21.1 Å². The highest BCUT2D eigenvalue weighted by molar-refractivity contribution is 6.19. The summed E-state index contributed by atoms with van der Waals surface area (Å²) in [6, 6.07) is 7.48. The Morgan fingerprint density at radius 1 is 1.31 bits per heavy atom. The molecule has 2 nitrogen and oxygen atoms in total. The van der Waals surface area contributed by atoms with E-state index in [0.29, 0.717) is 12.4 Å². The second-order valence-corrected chi connectivity index (χ2v) is 3.16. The van der Waals surface area contributed by atoms with Gasteiger partial charge < -0.3 is 9.47 Å². The molecular formula is C10H13ClO2. The minimum Gasteiger partial charge on any atom is -0.490 e. The summed E-state index contributed by atoms with van der Waals surface area (Å²) < 4.78 is 10.7. The molecule has 0 aliphatic heterocycles. The van der Waals surface area contributed by atoms with Crippen LogP contribution in [0.4, 0.5) is 0 Å². The fourth-order valence-electron chi connectivity index (χ4n) is 0.997. The van der Waals surface area contributed by atoms with E-state index >= 15 is 0 Å². The maximum Gasteiger partial charge on any atom is 0.169 e. The van der Waals surface area contributed by atoms with Crippen LogP contribution in [0.1, 0.15) is 13.8 Å². The number of benzene rings is 1. The lowest BCUT2D eigenvalue weighted by Crippen LogP contribution is -2.04. The van der Waals surface area contributed by atoms with Gasteiger partial charge in [-0.25, -0.2) is 0 Å². The second-order valence-electron chi connectivity index (χ2n) is 2.54. The van der Waals surface area contributed by atoms with Crippen molar-refractivity contribution in [3.8, 4) is 11.5 Å². The van der Waals surface area contributed by atoms with Crippen LogP contribution in [0.3, 0.4) is 0 Å². The third-order valence-corrected chi connectivity index (χ3v) is 1.53. The number of para-hydroxylation sites is 2. The highest BCUT2D eigenvalue weighted by Gasteiger charge is 2.05. The molecule has 0 aliphatic rings. The zero-order valence-electron chi connectivity index (χ0n) is 7.79. The molecule has 1 atom stereocenters. The Labute approximate surface area is 83.4 Å². The molecule has 0 saturated carbocycles. The van der Waals surface area contributed by atoms with E-state index in [1.165, 1.54) is 0 Å². The summed E-state index contributed by atoms with van der Waals surface area (Å²) in [5.74, 6) is 1.42. The van der Waals surface area contributed by atoms with E-state index in [-0.39, 0.29) is 5.56 Å². The third-order valence-electron chi connectivity index (χ3n) is 1.44. The first-order chi connectivity index (χ1) is 6.24. The first-order valence-electron chi connectivity index (χ1n) is 4.26. The van der Waals surface area contributed by atoms with Crippen molar-refractivity contribution in [3.05, 3.63) is 24.3 Å². The molecule has 0 N–H and O–H groups in total. The summed E-state index contributed by atoms with van der Waals surface area (Å²) in [5.41, 5.74) is -0.346. The summed E-state index contributed by atoms with van der Waals surface area (Å²) >= 11 is 5.71. The van der Waals surface area contributed by atoms with Crippen LogP contribution in [0.15, 0.2) is 24.3 Å². The summed E-state index contributed by atoms with van der Waals surface area (Å²) in [4.78, 5) is 0. The Bertz CT molecular complexity index is 261. The minimum atomic E-state index is -0.346. The molecule has 0 aromatic heterocycles. The average molecular weight is 201 g/mol. The van der Waals surface area contributed by atoms with E-state index < -0.39 is 0 Å². The first-order valence-corrected chi connectivity index (χ1v) is 4.70. The Morgan fingerprint density at radius 2 is 1.92 bits per heavy atom. The largest absolute Gasteiger partial charge is 0.490 e. The molecule has 1 aromatic carbocycles. The van der Waals surface area contributed by atoms with Gasteiger partial charge in [0.2, 0.25) is 0 Å². The SMILES string of the molecule is CCOc1ccccc1OC(C)Cl. The van der Waals surface area contributed by atoms with E-state index in [1.807, 2.05) is 31.2 Å². The van der Waals surface area contributed by atoms with Crippen molar-refractivity contribution in [1.29, 1.82) is 0 Å². The summed E-state index contributed by atoms with van der Waals surface area (Å²) in [6.45, 7) is 4.32. The second kappa shape index (κ2) is 4.97. The van der Waals surface area contributed by atoms with Gasteiger partial charge in [-0.1, -0.05) is 23.7 Å². The molecule has 0 spiro atoms. The molecule has 1 aromatic rings. The maximum absolute atomic E-state index is 5.71.